The van der Waals surface area contributed by atoms with E-state index in [4.69, 9.17) is 27.9 Å². The Morgan fingerprint density at radius 3 is 2.89 bits per heavy atom. The Morgan fingerprint density at radius 1 is 1.32 bits per heavy atom. The Morgan fingerprint density at radius 2 is 2.11 bits per heavy atom. The molecule has 1 aromatic carbocycles. The van der Waals surface area contributed by atoms with Crippen LogP contribution in [-0.2, 0) is 11.2 Å². The number of rotatable bonds is 7. The standard InChI is InChI=1S/C18H19Cl2N5O3/c1-10-6-11(2)25-18(22-10)23-15(24-25)7-16(27)21-8-12(26)9-28-14-5-3-4-13(19)17(14)20/h3-6,12,26H,7-9H2,1-2H3,(H,21,27). The third kappa shape index (κ3) is 4.89. The maximum Gasteiger partial charge on any atom is 0.252 e. The highest BCUT2D eigenvalue weighted by molar-refractivity contribution is 6.42. The van der Waals surface area contributed by atoms with Crippen LogP contribution in [0.1, 0.15) is 17.2 Å². The molecule has 0 saturated carbocycles. The summed E-state index contributed by atoms with van der Waals surface area (Å²) in [6, 6.07) is 6.86. The molecule has 0 fully saturated rings. The molecular weight excluding hydrogens is 405 g/mol. The van der Waals surface area contributed by atoms with Crippen molar-refractivity contribution in [2.75, 3.05) is 13.2 Å². The van der Waals surface area contributed by atoms with E-state index in [1.54, 1.807) is 22.7 Å². The monoisotopic (exact) mass is 423 g/mol. The second-order valence-corrected chi connectivity index (χ2v) is 7.06. The molecule has 148 valence electrons. The van der Waals surface area contributed by atoms with Gasteiger partial charge in [-0.2, -0.15) is 4.98 Å². The van der Waals surface area contributed by atoms with Crippen LogP contribution in [0.3, 0.4) is 0 Å². The topological polar surface area (TPSA) is 102 Å². The van der Waals surface area contributed by atoms with Gasteiger partial charge in [-0.25, -0.2) is 9.50 Å². The van der Waals surface area contributed by atoms with Crippen LogP contribution < -0.4 is 10.1 Å². The fraction of sp³-hybridized carbons (Fsp3) is 0.333. The second-order valence-electron chi connectivity index (χ2n) is 6.28. The number of carbonyl (C=O) groups is 1. The number of aryl methyl sites for hydroxylation is 2. The molecule has 1 atom stereocenters. The van der Waals surface area contributed by atoms with Crippen LogP contribution in [0.25, 0.3) is 5.78 Å². The average Bonchev–Trinajstić information content (AvgIpc) is 3.03. The molecule has 2 heterocycles. The van der Waals surface area contributed by atoms with Gasteiger partial charge in [-0.05, 0) is 32.0 Å². The van der Waals surface area contributed by atoms with E-state index in [9.17, 15) is 9.90 Å². The Labute approximate surface area is 171 Å². The number of hydrogen-bond acceptors (Lipinski definition) is 6. The smallest absolute Gasteiger partial charge is 0.252 e. The Kier molecular flexibility index (Phi) is 6.33. The predicted octanol–water partition coefficient (Wildman–Crippen LogP) is 2.15. The highest BCUT2D eigenvalue weighted by Gasteiger charge is 2.14. The summed E-state index contributed by atoms with van der Waals surface area (Å²) in [5.41, 5.74) is 1.71. The number of nitrogens with one attached hydrogen (secondary N) is 1. The van der Waals surface area contributed by atoms with Gasteiger partial charge in [0.15, 0.2) is 5.82 Å². The molecule has 0 spiro atoms. The maximum absolute atomic E-state index is 12.1. The first kappa shape index (κ1) is 20.3. The van der Waals surface area contributed by atoms with Crippen LogP contribution in [0, 0.1) is 13.8 Å². The van der Waals surface area contributed by atoms with Gasteiger partial charge in [0.25, 0.3) is 5.78 Å². The van der Waals surface area contributed by atoms with Gasteiger partial charge in [0.05, 0.1) is 11.4 Å². The molecule has 28 heavy (non-hydrogen) atoms. The quantitative estimate of drug-likeness (QED) is 0.603. The molecule has 2 aromatic heterocycles. The summed E-state index contributed by atoms with van der Waals surface area (Å²) >= 11 is 11.9. The van der Waals surface area contributed by atoms with E-state index in [1.165, 1.54) is 0 Å². The first-order valence-corrected chi connectivity index (χ1v) is 9.30. The maximum atomic E-state index is 12.1. The van der Waals surface area contributed by atoms with Crippen LogP contribution in [0.2, 0.25) is 10.0 Å². The van der Waals surface area contributed by atoms with Crippen molar-refractivity contribution in [3.05, 3.63) is 51.5 Å². The molecule has 3 rings (SSSR count). The second kappa shape index (κ2) is 8.72. The molecule has 1 amide bonds. The van der Waals surface area contributed by atoms with Crippen LogP contribution >= 0.6 is 23.2 Å². The predicted molar refractivity (Wildman–Crippen MR) is 105 cm³/mol. The molecule has 2 N–H and O–H groups in total. The van der Waals surface area contributed by atoms with E-state index in [0.717, 1.165) is 11.4 Å². The van der Waals surface area contributed by atoms with Crippen molar-refractivity contribution in [3.63, 3.8) is 0 Å². The van der Waals surface area contributed by atoms with E-state index in [0.29, 0.717) is 22.4 Å². The molecule has 0 radical (unpaired) electrons. The third-order valence-electron chi connectivity index (χ3n) is 3.86. The largest absolute Gasteiger partial charge is 0.489 e. The zero-order chi connectivity index (χ0) is 20.3. The van der Waals surface area contributed by atoms with Gasteiger partial charge in [-0.1, -0.05) is 29.3 Å². The van der Waals surface area contributed by atoms with Crippen molar-refractivity contribution in [3.8, 4) is 5.75 Å². The van der Waals surface area contributed by atoms with Crippen molar-refractivity contribution in [1.82, 2.24) is 24.9 Å². The minimum atomic E-state index is -0.917. The first-order chi connectivity index (χ1) is 13.3. The van der Waals surface area contributed by atoms with E-state index in [2.05, 4.69) is 20.4 Å². The molecule has 3 aromatic rings. The van der Waals surface area contributed by atoms with E-state index < -0.39 is 6.10 Å². The fourth-order valence-corrected chi connectivity index (χ4v) is 2.91. The lowest BCUT2D eigenvalue weighted by Crippen LogP contribution is -2.36. The summed E-state index contributed by atoms with van der Waals surface area (Å²) in [5.74, 6) is 0.860. The average molecular weight is 424 g/mol. The van der Waals surface area contributed by atoms with Gasteiger partial charge in [0, 0.05) is 17.9 Å². The Bertz CT molecular complexity index is 1010. The fourth-order valence-electron chi connectivity index (χ4n) is 2.56. The summed E-state index contributed by atoms with van der Waals surface area (Å²) in [4.78, 5) is 20.7. The number of nitrogens with zero attached hydrogens (tertiary/aromatic N) is 4. The third-order valence-corrected chi connectivity index (χ3v) is 4.66. The number of halogens is 2. The SMILES string of the molecule is Cc1cc(C)n2nc(CC(=O)NCC(O)COc3cccc(Cl)c3Cl)nc2n1. The molecule has 0 aliphatic rings. The summed E-state index contributed by atoms with van der Waals surface area (Å²) in [7, 11) is 0. The number of carbonyl (C=O) groups excluding carboxylic acids is 1. The first-order valence-electron chi connectivity index (χ1n) is 8.55. The number of aromatic nitrogens is 4. The van der Waals surface area contributed by atoms with Crippen molar-refractivity contribution >= 4 is 34.9 Å². The molecule has 0 aliphatic heterocycles. The normalized spacial score (nSPS) is 12.2. The summed E-state index contributed by atoms with van der Waals surface area (Å²) in [5, 5.41) is 17.6. The number of aliphatic hydroxyl groups excluding tert-OH is 1. The zero-order valence-corrected chi connectivity index (χ0v) is 16.8. The Balaban J connectivity index is 1.50. The van der Waals surface area contributed by atoms with Crippen molar-refractivity contribution < 1.29 is 14.6 Å². The van der Waals surface area contributed by atoms with Crippen LogP contribution in [-0.4, -0.2) is 49.9 Å². The number of hydrogen-bond donors (Lipinski definition) is 2. The molecule has 0 saturated heterocycles. The van der Waals surface area contributed by atoms with E-state index in [-0.39, 0.29) is 30.5 Å². The minimum absolute atomic E-state index is 0.0147. The van der Waals surface area contributed by atoms with Crippen LogP contribution in [0.15, 0.2) is 24.3 Å². The van der Waals surface area contributed by atoms with E-state index >= 15 is 0 Å². The molecular formula is C18H19Cl2N5O3. The summed E-state index contributed by atoms with van der Waals surface area (Å²) < 4.78 is 7.03. The minimum Gasteiger partial charge on any atom is -0.489 e. The number of benzene rings is 1. The molecule has 10 heteroatoms. The highest BCUT2D eigenvalue weighted by Crippen LogP contribution is 2.31. The number of fused-ring (bicyclic) bond motifs is 1. The molecule has 1 unspecified atom stereocenters. The van der Waals surface area contributed by atoms with E-state index in [1.807, 2.05) is 19.9 Å². The Hall–Kier alpha value is -2.42. The lowest BCUT2D eigenvalue weighted by atomic mass is 10.3. The number of aliphatic hydroxyl groups is 1. The van der Waals surface area contributed by atoms with Crippen molar-refractivity contribution in [1.29, 1.82) is 0 Å². The van der Waals surface area contributed by atoms with Crippen LogP contribution in [0.4, 0.5) is 0 Å². The molecule has 0 aliphatic carbocycles. The lowest BCUT2D eigenvalue weighted by Gasteiger charge is -2.14. The van der Waals surface area contributed by atoms with Crippen molar-refractivity contribution in [2.24, 2.45) is 0 Å². The highest BCUT2D eigenvalue weighted by atomic mass is 35.5. The van der Waals surface area contributed by atoms with Gasteiger partial charge in [0.2, 0.25) is 5.91 Å². The summed E-state index contributed by atoms with van der Waals surface area (Å²) in [6.45, 7) is 3.73. The molecule has 8 nitrogen and oxygen atoms in total. The van der Waals surface area contributed by atoms with Crippen molar-refractivity contribution in [2.45, 2.75) is 26.4 Å². The van der Waals surface area contributed by atoms with Gasteiger partial charge in [0.1, 0.15) is 23.5 Å². The lowest BCUT2D eigenvalue weighted by molar-refractivity contribution is -0.121. The van der Waals surface area contributed by atoms with Crippen LogP contribution in [0.5, 0.6) is 5.75 Å². The number of amides is 1. The number of ether oxygens (including phenoxy) is 1. The van der Waals surface area contributed by atoms with Gasteiger partial charge in [-0.15, -0.1) is 5.10 Å². The van der Waals surface area contributed by atoms with Gasteiger partial charge < -0.3 is 15.2 Å². The zero-order valence-electron chi connectivity index (χ0n) is 15.3. The molecule has 0 bridgehead atoms. The van der Waals surface area contributed by atoms with Gasteiger partial charge >= 0.3 is 0 Å². The van der Waals surface area contributed by atoms with Gasteiger partial charge in [-0.3, -0.25) is 4.79 Å². The summed E-state index contributed by atoms with van der Waals surface area (Å²) in [6.07, 6.45) is -0.935.